The van der Waals surface area contributed by atoms with E-state index in [0.717, 1.165) is 0 Å². The zero-order valence-corrected chi connectivity index (χ0v) is 8.56. The first-order valence-corrected chi connectivity index (χ1v) is 4.51. The number of aromatic nitrogens is 1. The van der Waals surface area contributed by atoms with Gasteiger partial charge < -0.3 is 9.84 Å². The van der Waals surface area contributed by atoms with Crippen LogP contribution >= 0.6 is 0 Å². The molecule has 0 aromatic carbocycles. The molecule has 0 aliphatic carbocycles. The summed E-state index contributed by atoms with van der Waals surface area (Å²) in [7, 11) is 0. The minimum atomic E-state index is -1.11. The van der Waals surface area contributed by atoms with Gasteiger partial charge in [-0.25, -0.2) is 14.6 Å². The van der Waals surface area contributed by atoms with Crippen molar-refractivity contribution in [1.82, 2.24) is 4.98 Å². The van der Waals surface area contributed by atoms with E-state index in [1.807, 2.05) is 0 Å². The molecule has 16 heavy (non-hydrogen) atoms. The van der Waals surface area contributed by atoms with Crippen molar-refractivity contribution < 1.29 is 19.4 Å². The molecule has 0 aliphatic rings. The summed E-state index contributed by atoms with van der Waals surface area (Å²) < 4.78 is 4.60. The summed E-state index contributed by atoms with van der Waals surface area (Å²) >= 11 is 0. The SMILES string of the molecule is CCOC(=O)C#Cc1ccc(C(=O)O)nc1. The van der Waals surface area contributed by atoms with Gasteiger partial charge in [0.1, 0.15) is 5.69 Å². The number of carboxylic acid groups (broad SMARTS) is 1. The van der Waals surface area contributed by atoms with E-state index in [1.54, 1.807) is 6.92 Å². The molecular weight excluding hydrogens is 210 g/mol. The average Bonchev–Trinajstić information content (AvgIpc) is 2.27. The summed E-state index contributed by atoms with van der Waals surface area (Å²) in [6, 6.07) is 2.79. The molecule has 1 rings (SSSR count). The zero-order chi connectivity index (χ0) is 12.0. The fourth-order valence-electron chi connectivity index (χ4n) is 0.885. The van der Waals surface area contributed by atoms with Crippen LogP contribution in [-0.2, 0) is 9.53 Å². The molecule has 1 aromatic rings. The predicted molar refractivity (Wildman–Crippen MR) is 54.7 cm³/mol. The highest BCUT2D eigenvalue weighted by Gasteiger charge is 2.02. The second-order valence-electron chi connectivity index (χ2n) is 2.71. The second kappa shape index (κ2) is 5.51. The van der Waals surface area contributed by atoms with E-state index >= 15 is 0 Å². The van der Waals surface area contributed by atoms with Crippen molar-refractivity contribution in [3.8, 4) is 11.8 Å². The minimum absolute atomic E-state index is 0.0679. The van der Waals surface area contributed by atoms with E-state index < -0.39 is 11.9 Å². The van der Waals surface area contributed by atoms with Gasteiger partial charge in [0.2, 0.25) is 0 Å². The van der Waals surface area contributed by atoms with Crippen LogP contribution in [0, 0.1) is 11.8 Å². The summed E-state index contributed by atoms with van der Waals surface area (Å²) in [4.78, 5) is 25.0. The molecule has 0 unspecified atom stereocenters. The van der Waals surface area contributed by atoms with Gasteiger partial charge in [-0.15, -0.1) is 0 Å². The van der Waals surface area contributed by atoms with Gasteiger partial charge in [-0.1, -0.05) is 5.92 Å². The van der Waals surface area contributed by atoms with Crippen molar-refractivity contribution in [3.63, 3.8) is 0 Å². The highest BCUT2D eigenvalue weighted by Crippen LogP contribution is 1.98. The van der Waals surface area contributed by atoms with Crippen LogP contribution in [0.25, 0.3) is 0 Å². The monoisotopic (exact) mass is 219 g/mol. The van der Waals surface area contributed by atoms with Gasteiger partial charge in [0.15, 0.2) is 0 Å². The van der Waals surface area contributed by atoms with Crippen LogP contribution in [0.1, 0.15) is 23.0 Å². The molecule has 1 heterocycles. The van der Waals surface area contributed by atoms with Crippen molar-refractivity contribution >= 4 is 11.9 Å². The van der Waals surface area contributed by atoms with Gasteiger partial charge >= 0.3 is 11.9 Å². The lowest BCUT2D eigenvalue weighted by Crippen LogP contribution is -2.00. The minimum Gasteiger partial charge on any atom is -0.477 e. The van der Waals surface area contributed by atoms with Crippen LogP contribution in [0.15, 0.2) is 18.3 Å². The summed E-state index contributed by atoms with van der Waals surface area (Å²) in [5.74, 6) is 3.04. The van der Waals surface area contributed by atoms with Gasteiger partial charge in [-0.05, 0) is 19.1 Å². The molecule has 5 nitrogen and oxygen atoms in total. The van der Waals surface area contributed by atoms with E-state index in [1.165, 1.54) is 18.3 Å². The van der Waals surface area contributed by atoms with Gasteiger partial charge in [0.05, 0.1) is 6.61 Å². The van der Waals surface area contributed by atoms with Gasteiger partial charge in [-0.2, -0.15) is 0 Å². The van der Waals surface area contributed by atoms with Crippen LogP contribution in [0.2, 0.25) is 0 Å². The van der Waals surface area contributed by atoms with Crippen LogP contribution in [0.5, 0.6) is 0 Å². The molecule has 0 fully saturated rings. The predicted octanol–water partition coefficient (Wildman–Crippen LogP) is 0.694. The Kier molecular flexibility index (Phi) is 4.04. The van der Waals surface area contributed by atoms with Crippen LogP contribution in [0.3, 0.4) is 0 Å². The summed E-state index contributed by atoms with van der Waals surface area (Å²) in [6.45, 7) is 1.95. The second-order valence-corrected chi connectivity index (χ2v) is 2.71. The summed E-state index contributed by atoms with van der Waals surface area (Å²) in [5, 5.41) is 8.59. The number of aromatic carboxylic acids is 1. The third-order valence-corrected chi connectivity index (χ3v) is 1.57. The topological polar surface area (TPSA) is 76.5 Å². The normalized spacial score (nSPS) is 8.81. The molecule has 5 heteroatoms. The third-order valence-electron chi connectivity index (χ3n) is 1.57. The van der Waals surface area contributed by atoms with E-state index in [9.17, 15) is 9.59 Å². The number of nitrogens with zero attached hydrogens (tertiary/aromatic N) is 1. The first-order chi connectivity index (χ1) is 7.63. The van der Waals surface area contributed by atoms with Crippen LogP contribution in [-0.4, -0.2) is 28.6 Å². The lowest BCUT2D eigenvalue weighted by molar-refractivity contribution is -0.136. The molecule has 0 bridgehead atoms. The largest absolute Gasteiger partial charge is 0.477 e. The molecule has 0 amide bonds. The number of hydrogen-bond donors (Lipinski definition) is 1. The van der Waals surface area contributed by atoms with Crippen LogP contribution < -0.4 is 0 Å². The van der Waals surface area contributed by atoms with E-state index in [-0.39, 0.29) is 12.3 Å². The maximum absolute atomic E-state index is 10.9. The molecule has 0 saturated carbocycles. The molecule has 0 saturated heterocycles. The maximum Gasteiger partial charge on any atom is 0.384 e. The molecule has 1 aromatic heterocycles. The average molecular weight is 219 g/mol. The molecular formula is C11H9NO4. The number of ether oxygens (including phenoxy) is 1. The fourth-order valence-corrected chi connectivity index (χ4v) is 0.885. The molecule has 0 spiro atoms. The Morgan fingerprint density at radius 2 is 2.25 bits per heavy atom. The molecule has 82 valence electrons. The number of carbonyl (C=O) groups excluding carboxylic acids is 1. The molecule has 0 radical (unpaired) electrons. The quantitative estimate of drug-likeness (QED) is 0.585. The lowest BCUT2D eigenvalue weighted by Gasteiger charge is -1.93. The highest BCUT2D eigenvalue weighted by molar-refractivity contribution is 5.89. The fraction of sp³-hybridized carbons (Fsp3) is 0.182. The number of carboxylic acids is 1. The first kappa shape index (κ1) is 11.7. The molecule has 0 aliphatic heterocycles. The van der Waals surface area contributed by atoms with Gasteiger partial charge in [0.25, 0.3) is 0 Å². The number of carbonyl (C=O) groups is 2. The Morgan fingerprint density at radius 1 is 1.50 bits per heavy atom. The van der Waals surface area contributed by atoms with Crippen molar-refractivity contribution in [2.45, 2.75) is 6.92 Å². The van der Waals surface area contributed by atoms with E-state index in [0.29, 0.717) is 5.56 Å². The summed E-state index contributed by atoms with van der Waals surface area (Å²) in [6.07, 6.45) is 1.29. The Balaban J connectivity index is 2.75. The van der Waals surface area contributed by atoms with Crippen molar-refractivity contribution in [2.24, 2.45) is 0 Å². The molecule has 1 N–H and O–H groups in total. The van der Waals surface area contributed by atoms with Gasteiger partial charge in [-0.3, -0.25) is 0 Å². The van der Waals surface area contributed by atoms with E-state index in [4.69, 9.17) is 5.11 Å². The Labute approximate surface area is 92.1 Å². The van der Waals surface area contributed by atoms with Crippen LogP contribution in [0.4, 0.5) is 0 Å². The standard InChI is InChI=1S/C11H9NO4/c1-2-16-10(13)6-4-8-3-5-9(11(14)15)12-7-8/h3,5,7H,2H2,1H3,(H,14,15). The number of pyridine rings is 1. The number of rotatable bonds is 2. The van der Waals surface area contributed by atoms with E-state index in [2.05, 4.69) is 21.6 Å². The van der Waals surface area contributed by atoms with Gasteiger partial charge in [0, 0.05) is 17.7 Å². The Hall–Kier alpha value is -2.35. The first-order valence-electron chi connectivity index (χ1n) is 4.51. The smallest absolute Gasteiger partial charge is 0.384 e. The zero-order valence-electron chi connectivity index (χ0n) is 8.56. The molecule has 0 atom stereocenters. The third kappa shape index (κ3) is 3.42. The number of esters is 1. The number of hydrogen-bond acceptors (Lipinski definition) is 4. The van der Waals surface area contributed by atoms with Crippen molar-refractivity contribution in [1.29, 1.82) is 0 Å². The lowest BCUT2D eigenvalue weighted by atomic mass is 10.2. The summed E-state index contributed by atoms with van der Waals surface area (Å²) in [5.41, 5.74) is 0.389. The maximum atomic E-state index is 10.9. The Bertz CT molecular complexity index is 453. The Morgan fingerprint density at radius 3 is 2.75 bits per heavy atom. The van der Waals surface area contributed by atoms with Crippen molar-refractivity contribution in [3.05, 3.63) is 29.6 Å². The highest BCUT2D eigenvalue weighted by atomic mass is 16.5. The van der Waals surface area contributed by atoms with Crippen molar-refractivity contribution in [2.75, 3.05) is 6.61 Å².